The molecular weight excluding hydrogens is 498 g/mol. The van der Waals surface area contributed by atoms with Crippen molar-refractivity contribution in [3.63, 3.8) is 0 Å². The van der Waals surface area contributed by atoms with Crippen molar-refractivity contribution >= 4 is 11.6 Å². The number of nitrogens with zero attached hydrogens (tertiary/aromatic N) is 3. The number of Topliss-reactive ketones (excluding diaryl/α,β-unsaturated/α-hetero) is 1. The van der Waals surface area contributed by atoms with E-state index in [0.717, 1.165) is 56.9 Å². The molecule has 0 spiro atoms. The van der Waals surface area contributed by atoms with Crippen molar-refractivity contribution in [1.82, 2.24) is 10.2 Å². The van der Waals surface area contributed by atoms with Crippen LogP contribution in [0.4, 0.5) is 0 Å². The van der Waals surface area contributed by atoms with E-state index in [1.807, 2.05) is 32.9 Å². The van der Waals surface area contributed by atoms with Crippen LogP contribution in [0, 0.1) is 63.7 Å². The van der Waals surface area contributed by atoms with Crippen molar-refractivity contribution in [2.45, 2.75) is 107 Å². The first-order valence-electron chi connectivity index (χ1n) is 15.2. The van der Waals surface area contributed by atoms with Crippen LogP contribution >= 0.6 is 0 Å². The van der Waals surface area contributed by atoms with Gasteiger partial charge in [-0.25, -0.2) is 4.85 Å². The van der Waals surface area contributed by atoms with Crippen molar-refractivity contribution in [2.24, 2.45) is 50.2 Å². The van der Waals surface area contributed by atoms with Gasteiger partial charge in [-0.05, 0) is 84.5 Å². The third-order valence-corrected chi connectivity index (χ3v) is 13.1. The first-order valence-corrected chi connectivity index (χ1v) is 15.2. The number of carbonyl (C=O) groups is 2. The normalized spacial score (nSPS) is 43.3. The van der Waals surface area contributed by atoms with E-state index in [1.165, 1.54) is 0 Å². The van der Waals surface area contributed by atoms with Gasteiger partial charge in [0.05, 0.1) is 6.57 Å². The fraction of sp³-hybridized carbons (Fsp3) is 0.735. The zero-order valence-electron chi connectivity index (χ0n) is 25.6. The fourth-order valence-corrected chi connectivity index (χ4v) is 10.7. The molecule has 0 radical (unpaired) electrons. The molecule has 0 N–H and O–H groups in total. The molecule has 3 saturated carbocycles. The van der Waals surface area contributed by atoms with E-state index in [0.29, 0.717) is 11.8 Å². The molecule has 2 unspecified atom stereocenters. The average molecular weight is 544 g/mol. The van der Waals surface area contributed by atoms with Gasteiger partial charge in [-0.15, -0.1) is 10.2 Å². The topological polar surface area (TPSA) is 77.4 Å². The van der Waals surface area contributed by atoms with Crippen LogP contribution in [0.5, 0.6) is 0 Å². The van der Waals surface area contributed by atoms with Crippen molar-refractivity contribution in [2.75, 3.05) is 0 Å². The third kappa shape index (κ3) is 3.45. The predicted octanol–water partition coefficient (Wildman–Crippen LogP) is 7.49. The second kappa shape index (κ2) is 8.26. The molecule has 0 aromatic carbocycles. The summed E-state index contributed by atoms with van der Waals surface area (Å²) in [5.74, 6) is 1.74. The number of hydrogen-bond donors (Lipinski definition) is 0. The van der Waals surface area contributed by atoms with Crippen LogP contribution in [-0.4, -0.2) is 21.8 Å². The Balaban J connectivity index is 1.50. The zero-order valence-corrected chi connectivity index (χ0v) is 25.6. The smallest absolute Gasteiger partial charge is 0.226 e. The van der Waals surface area contributed by atoms with Gasteiger partial charge in [0.25, 0.3) is 0 Å². The second-order valence-corrected chi connectivity index (χ2v) is 16.0. The molecule has 1 aromatic heterocycles. The van der Waals surface area contributed by atoms with Crippen molar-refractivity contribution in [3.05, 3.63) is 46.6 Å². The van der Waals surface area contributed by atoms with Gasteiger partial charge < -0.3 is 9.21 Å². The Hall–Kier alpha value is -2.55. The van der Waals surface area contributed by atoms with Gasteiger partial charge in [0.2, 0.25) is 17.5 Å². The Morgan fingerprint density at radius 1 is 1.00 bits per heavy atom. The molecule has 214 valence electrons. The standard InChI is InChI=1S/C34H45N3O3/c1-20-36-37-26(40-20)19-34-14-12-29(2,3)17-21(34)27-23(38)16-25-31(6)18-22(35-9)28(39)30(4,5)24(31)10-11-32(25,7)33(27,8)13-15-34/h16,18,21,24,27H,10-15,17,19H2,1-8H3/t21?,24-,27?,31-,32+,33+,34+/m0/s1. The Labute approximate surface area is 239 Å². The number of rotatable bonds is 2. The van der Waals surface area contributed by atoms with Gasteiger partial charge in [0, 0.05) is 30.1 Å². The summed E-state index contributed by atoms with van der Waals surface area (Å²) in [4.78, 5) is 31.6. The van der Waals surface area contributed by atoms with Gasteiger partial charge in [0.1, 0.15) is 0 Å². The molecule has 6 rings (SSSR count). The van der Waals surface area contributed by atoms with E-state index in [1.54, 1.807) is 0 Å². The molecule has 3 fully saturated rings. The van der Waals surface area contributed by atoms with Gasteiger partial charge in [-0.1, -0.05) is 60.1 Å². The Bertz CT molecular complexity index is 1410. The average Bonchev–Trinajstić information content (AvgIpc) is 3.27. The predicted molar refractivity (Wildman–Crippen MR) is 153 cm³/mol. The minimum Gasteiger partial charge on any atom is -0.426 e. The van der Waals surface area contributed by atoms with E-state index < -0.39 is 10.8 Å². The number of hydrogen-bond acceptors (Lipinski definition) is 5. The third-order valence-electron chi connectivity index (χ3n) is 13.1. The molecule has 0 amide bonds. The lowest BCUT2D eigenvalue weighted by atomic mass is 9.34. The molecule has 40 heavy (non-hydrogen) atoms. The van der Waals surface area contributed by atoms with Crippen molar-refractivity contribution < 1.29 is 14.0 Å². The SMILES string of the molecule is [C-]#[N+]C1=C[C@]2(C)C3=CC(=O)C4C5CC(C)(C)CC[C@]5(Cc5nnc(C)o5)CC[C@@]4(C)[C@]3(C)CC[C@H]2C(C)(C)C1=O. The largest absolute Gasteiger partial charge is 0.426 e. The summed E-state index contributed by atoms with van der Waals surface area (Å²) < 4.78 is 5.92. The van der Waals surface area contributed by atoms with Crippen LogP contribution in [0.25, 0.3) is 4.85 Å². The number of aryl methyl sites for hydroxylation is 1. The van der Waals surface area contributed by atoms with Crippen LogP contribution in [0.1, 0.15) is 105 Å². The Morgan fingerprint density at radius 3 is 2.35 bits per heavy atom. The van der Waals surface area contributed by atoms with Gasteiger partial charge in [0.15, 0.2) is 11.6 Å². The quantitative estimate of drug-likeness (QED) is 0.361. The number of aromatic nitrogens is 2. The summed E-state index contributed by atoms with van der Waals surface area (Å²) >= 11 is 0. The summed E-state index contributed by atoms with van der Waals surface area (Å²) in [7, 11) is 0. The van der Waals surface area contributed by atoms with E-state index in [2.05, 4.69) is 49.7 Å². The number of fused-ring (bicyclic) bond motifs is 7. The summed E-state index contributed by atoms with van der Waals surface area (Å²) in [6.07, 6.45) is 11.8. The molecular formula is C34H45N3O3. The van der Waals surface area contributed by atoms with Gasteiger partial charge >= 0.3 is 0 Å². The highest BCUT2D eigenvalue weighted by Crippen LogP contribution is 2.74. The van der Waals surface area contributed by atoms with Crippen molar-refractivity contribution in [1.29, 1.82) is 0 Å². The van der Waals surface area contributed by atoms with Crippen LogP contribution < -0.4 is 0 Å². The number of carbonyl (C=O) groups excluding carboxylic acids is 2. The molecule has 6 heteroatoms. The maximum Gasteiger partial charge on any atom is 0.226 e. The van der Waals surface area contributed by atoms with E-state index >= 15 is 0 Å². The molecule has 5 aliphatic rings. The highest BCUT2D eigenvalue weighted by molar-refractivity contribution is 6.03. The minimum absolute atomic E-state index is 0.0203. The number of ketones is 2. The molecule has 7 atom stereocenters. The second-order valence-electron chi connectivity index (χ2n) is 16.0. The molecule has 5 aliphatic carbocycles. The van der Waals surface area contributed by atoms with Gasteiger partial charge in [-0.3, -0.25) is 4.79 Å². The number of allylic oxidation sites excluding steroid dienone is 4. The molecule has 1 heterocycles. The highest BCUT2D eigenvalue weighted by Gasteiger charge is 2.69. The molecule has 6 nitrogen and oxygen atoms in total. The lowest BCUT2D eigenvalue weighted by Gasteiger charge is -2.69. The highest BCUT2D eigenvalue weighted by atomic mass is 16.4. The zero-order chi connectivity index (χ0) is 29.1. The first-order chi connectivity index (χ1) is 18.5. The van der Waals surface area contributed by atoms with Crippen LogP contribution in [0.3, 0.4) is 0 Å². The maximum atomic E-state index is 14.6. The van der Waals surface area contributed by atoms with Crippen molar-refractivity contribution in [3.8, 4) is 0 Å². The molecule has 1 aromatic rings. The minimum atomic E-state index is -0.635. The summed E-state index contributed by atoms with van der Waals surface area (Å²) in [6.45, 7) is 25.4. The molecule has 0 aliphatic heterocycles. The fourth-order valence-electron chi connectivity index (χ4n) is 10.7. The maximum absolute atomic E-state index is 14.6. The van der Waals surface area contributed by atoms with E-state index in [-0.39, 0.29) is 56.7 Å². The lowest BCUT2D eigenvalue weighted by molar-refractivity contribution is -0.172. The molecule has 0 saturated heterocycles. The first kappa shape index (κ1) is 27.6. The van der Waals surface area contributed by atoms with Crippen LogP contribution in [-0.2, 0) is 16.0 Å². The Kier molecular flexibility index (Phi) is 5.70. The van der Waals surface area contributed by atoms with Crippen LogP contribution in [0.2, 0.25) is 0 Å². The Morgan fingerprint density at radius 2 is 1.70 bits per heavy atom. The van der Waals surface area contributed by atoms with E-state index in [9.17, 15) is 9.59 Å². The molecule has 0 bridgehead atoms. The lowest BCUT2D eigenvalue weighted by Crippen LogP contribution is -2.65. The summed E-state index contributed by atoms with van der Waals surface area (Å²) in [5.41, 5.74) is 0.0367. The summed E-state index contributed by atoms with van der Waals surface area (Å²) in [6, 6.07) is 0. The van der Waals surface area contributed by atoms with Gasteiger partial charge in [-0.2, -0.15) is 0 Å². The monoisotopic (exact) mass is 543 g/mol. The van der Waals surface area contributed by atoms with Crippen LogP contribution in [0.15, 0.2) is 27.8 Å². The summed E-state index contributed by atoms with van der Waals surface area (Å²) in [5, 5.41) is 8.52. The van der Waals surface area contributed by atoms with E-state index in [4.69, 9.17) is 11.0 Å².